The Hall–Kier alpha value is -0.610. The number of hydrogen-bond donors (Lipinski definition) is 1. The molecule has 1 unspecified atom stereocenters. The Balaban J connectivity index is 0.00000320. The smallest absolute Gasteiger partial charge is 0.251 e. The lowest BCUT2D eigenvalue weighted by molar-refractivity contribution is -0.142. The van der Waals surface area contributed by atoms with E-state index in [2.05, 4.69) is 15.2 Å². The predicted octanol–water partition coefficient (Wildman–Crippen LogP) is 3.02. The van der Waals surface area contributed by atoms with Gasteiger partial charge in [-0.2, -0.15) is 0 Å². The molecule has 0 spiro atoms. The Morgan fingerprint density at radius 3 is 2.33 bits per heavy atom. The lowest BCUT2D eigenvalue weighted by atomic mass is 10.1. The average Bonchev–Trinajstić information content (AvgIpc) is 3.17. The van der Waals surface area contributed by atoms with Crippen LogP contribution in [0.25, 0.3) is 0 Å². The van der Waals surface area contributed by atoms with Crippen LogP contribution in [0.1, 0.15) is 64.2 Å². The van der Waals surface area contributed by atoms with E-state index in [1.54, 1.807) is 0 Å². The number of halogens is 1. The van der Waals surface area contributed by atoms with Crippen molar-refractivity contribution in [3.8, 4) is 0 Å². The molecule has 1 aliphatic carbocycles. The normalized spacial score (nSPS) is 23.8. The molecule has 3 fully saturated rings. The molecular weight excluding hydrogens is 495 g/mol. The number of rotatable bonds is 7. The van der Waals surface area contributed by atoms with E-state index >= 15 is 0 Å². The van der Waals surface area contributed by atoms with Gasteiger partial charge in [0.15, 0.2) is 5.96 Å². The molecule has 3 rings (SSSR count). The number of aliphatic imine (C=N–C) groups is 1. The molecule has 2 aliphatic heterocycles. The summed E-state index contributed by atoms with van der Waals surface area (Å²) in [5, 5.41) is 3.48. The van der Waals surface area contributed by atoms with Crippen molar-refractivity contribution < 1.29 is 14.3 Å². The largest absolute Gasteiger partial charge is 0.378 e. The summed E-state index contributed by atoms with van der Waals surface area (Å²) in [5.74, 6) is 1.11. The minimum Gasteiger partial charge on any atom is -0.378 e. The van der Waals surface area contributed by atoms with Crippen molar-refractivity contribution in [3.05, 3.63) is 0 Å². The van der Waals surface area contributed by atoms with Crippen LogP contribution in [0.4, 0.5) is 0 Å². The zero-order chi connectivity index (χ0) is 20.3. The first-order valence-electron chi connectivity index (χ1n) is 11.8. The van der Waals surface area contributed by atoms with Gasteiger partial charge in [-0.1, -0.05) is 25.7 Å². The SMILES string of the molecule is CN=C(NCCCCOC1CCCCCC1)N1CCN(C(=O)C2CCCO2)CC1.I. The number of hydrogen-bond acceptors (Lipinski definition) is 4. The minimum atomic E-state index is -0.209. The third-order valence-electron chi connectivity index (χ3n) is 6.32. The Kier molecular flexibility index (Phi) is 12.4. The number of amides is 1. The van der Waals surface area contributed by atoms with Crippen molar-refractivity contribution in [2.45, 2.75) is 76.4 Å². The highest BCUT2D eigenvalue weighted by molar-refractivity contribution is 14.0. The molecule has 1 N–H and O–H groups in total. The maximum atomic E-state index is 12.5. The van der Waals surface area contributed by atoms with E-state index in [1.165, 1.54) is 38.5 Å². The molecule has 30 heavy (non-hydrogen) atoms. The van der Waals surface area contributed by atoms with Gasteiger partial charge in [-0.05, 0) is 38.5 Å². The van der Waals surface area contributed by atoms with Gasteiger partial charge in [0.05, 0.1) is 6.10 Å². The van der Waals surface area contributed by atoms with Gasteiger partial charge in [-0.3, -0.25) is 9.79 Å². The van der Waals surface area contributed by atoms with Gasteiger partial charge in [-0.25, -0.2) is 0 Å². The van der Waals surface area contributed by atoms with Crippen molar-refractivity contribution in [2.75, 3.05) is 53.0 Å². The molecule has 1 saturated carbocycles. The lowest BCUT2D eigenvalue weighted by Gasteiger charge is -2.37. The van der Waals surface area contributed by atoms with Crippen molar-refractivity contribution in [2.24, 2.45) is 4.99 Å². The number of ether oxygens (including phenoxy) is 2. The van der Waals surface area contributed by atoms with Crippen molar-refractivity contribution >= 4 is 35.8 Å². The number of guanidine groups is 1. The molecule has 1 amide bonds. The standard InChI is InChI=1S/C22H40N4O3.HI/c1-23-22(24-12-6-7-17-28-19-9-4-2-3-5-10-19)26-15-13-25(14-16-26)21(27)20-11-8-18-29-20;/h19-20H,2-18H2,1H3,(H,23,24);1H. The lowest BCUT2D eigenvalue weighted by Crippen LogP contribution is -2.55. The summed E-state index contributed by atoms with van der Waals surface area (Å²) in [4.78, 5) is 21.1. The summed E-state index contributed by atoms with van der Waals surface area (Å²) in [7, 11) is 1.83. The van der Waals surface area contributed by atoms with Crippen molar-refractivity contribution in [3.63, 3.8) is 0 Å². The highest BCUT2D eigenvalue weighted by Crippen LogP contribution is 2.20. The van der Waals surface area contributed by atoms with Crippen LogP contribution in [0.5, 0.6) is 0 Å². The fourth-order valence-corrected chi connectivity index (χ4v) is 4.53. The fourth-order valence-electron chi connectivity index (χ4n) is 4.53. The summed E-state index contributed by atoms with van der Waals surface area (Å²) < 4.78 is 11.6. The highest BCUT2D eigenvalue weighted by Gasteiger charge is 2.30. The van der Waals surface area contributed by atoms with Crippen molar-refractivity contribution in [1.82, 2.24) is 15.1 Å². The summed E-state index contributed by atoms with van der Waals surface area (Å²) in [6.07, 6.45) is 12.2. The Morgan fingerprint density at radius 1 is 1.00 bits per heavy atom. The summed E-state index contributed by atoms with van der Waals surface area (Å²) in [6.45, 7) is 5.64. The Bertz CT molecular complexity index is 513. The second-order valence-electron chi connectivity index (χ2n) is 8.48. The number of nitrogens with zero attached hydrogens (tertiary/aromatic N) is 3. The maximum absolute atomic E-state index is 12.5. The first-order valence-corrected chi connectivity index (χ1v) is 11.8. The third kappa shape index (κ3) is 8.15. The van der Waals surface area contributed by atoms with E-state index < -0.39 is 0 Å². The van der Waals surface area contributed by atoms with Crippen LogP contribution in [0.15, 0.2) is 4.99 Å². The number of nitrogens with one attached hydrogen (secondary N) is 1. The minimum absolute atomic E-state index is 0. The van der Waals surface area contributed by atoms with Crippen LogP contribution >= 0.6 is 24.0 Å². The monoisotopic (exact) mass is 536 g/mol. The van der Waals surface area contributed by atoms with E-state index in [0.717, 1.165) is 77.6 Å². The van der Waals surface area contributed by atoms with E-state index in [-0.39, 0.29) is 36.0 Å². The molecule has 1 atom stereocenters. The van der Waals surface area contributed by atoms with E-state index in [1.807, 2.05) is 11.9 Å². The molecule has 0 aromatic carbocycles. The van der Waals surface area contributed by atoms with Crippen LogP contribution in [0.3, 0.4) is 0 Å². The van der Waals surface area contributed by atoms with Gasteiger partial charge in [0, 0.05) is 53.0 Å². The quantitative estimate of drug-likeness (QED) is 0.178. The third-order valence-corrected chi connectivity index (χ3v) is 6.32. The zero-order valence-corrected chi connectivity index (χ0v) is 21.0. The molecule has 0 aromatic heterocycles. The zero-order valence-electron chi connectivity index (χ0n) is 18.7. The van der Waals surface area contributed by atoms with Crippen LogP contribution in [-0.4, -0.2) is 86.9 Å². The predicted molar refractivity (Wildman–Crippen MR) is 131 cm³/mol. The van der Waals surface area contributed by atoms with Gasteiger partial charge in [-0.15, -0.1) is 24.0 Å². The molecule has 174 valence electrons. The van der Waals surface area contributed by atoms with Crippen molar-refractivity contribution in [1.29, 1.82) is 0 Å². The van der Waals surface area contributed by atoms with E-state index in [9.17, 15) is 4.79 Å². The molecule has 2 saturated heterocycles. The topological polar surface area (TPSA) is 66.4 Å². The van der Waals surface area contributed by atoms with E-state index in [4.69, 9.17) is 9.47 Å². The number of carbonyl (C=O) groups is 1. The van der Waals surface area contributed by atoms with Gasteiger partial charge < -0.3 is 24.6 Å². The molecule has 0 bridgehead atoms. The molecule has 3 aliphatic rings. The Labute approximate surface area is 199 Å². The van der Waals surface area contributed by atoms with Crippen LogP contribution in [0.2, 0.25) is 0 Å². The number of piperazine rings is 1. The number of carbonyl (C=O) groups excluding carboxylic acids is 1. The molecule has 7 nitrogen and oxygen atoms in total. The molecule has 0 radical (unpaired) electrons. The van der Waals surface area contributed by atoms with E-state index in [0.29, 0.717) is 6.10 Å². The number of unbranched alkanes of at least 4 members (excludes halogenated alkanes) is 1. The van der Waals surface area contributed by atoms with Gasteiger partial charge in [0.25, 0.3) is 5.91 Å². The van der Waals surface area contributed by atoms with Gasteiger partial charge >= 0.3 is 0 Å². The van der Waals surface area contributed by atoms with Gasteiger partial charge in [0.1, 0.15) is 6.10 Å². The summed E-state index contributed by atoms with van der Waals surface area (Å²) in [6, 6.07) is 0. The second kappa shape index (κ2) is 14.5. The molecule has 0 aromatic rings. The van der Waals surface area contributed by atoms with Gasteiger partial charge in [0.2, 0.25) is 0 Å². The van der Waals surface area contributed by atoms with Crippen LogP contribution < -0.4 is 5.32 Å². The maximum Gasteiger partial charge on any atom is 0.251 e. The average molecular weight is 536 g/mol. The first-order chi connectivity index (χ1) is 14.3. The Morgan fingerprint density at radius 2 is 1.70 bits per heavy atom. The summed E-state index contributed by atoms with van der Waals surface area (Å²) in [5.41, 5.74) is 0. The first kappa shape index (κ1) is 25.6. The molecule has 2 heterocycles. The van der Waals surface area contributed by atoms with Crippen LogP contribution in [-0.2, 0) is 14.3 Å². The molecule has 8 heteroatoms. The highest BCUT2D eigenvalue weighted by atomic mass is 127. The summed E-state index contributed by atoms with van der Waals surface area (Å²) >= 11 is 0. The fraction of sp³-hybridized carbons (Fsp3) is 0.909. The van der Waals surface area contributed by atoms with Crippen LogP contribution in [0, 0.1) is 0 Å². The molecular formula is C22H41IN4O3. The second-order valence-corrected chi connectivity index (χ2v) is 8.48.